The highest BCUT2D eigenvalue weighted by molar-refractivity contribution is 5.16. The number of hydrogen-bond acceptors (Lipinski definition) is 4. The fourth-order valence-electron chi connectivity index (χ4n) is 5.31. The average molecular weight is 447 g/mol. The van der Waals surface area contributed by atoms with Crippen molar-refractivity contribution in [1.29, 1.82) is 0 Å². The first-order chi connectivity index (χ1) is 15.3. The van der Waals surface area contributed by atoms with Gasteiger partial charge in [0.25, 0.3) is 0 Å². The van der Waals surface area contributed by atoms with E-state index in [9.17, 15) is 4.39 Å². The second kappa shape index (κ2) is 9.95. The number of ether oxygens (including phenoxy) is 4. The molecule has 0 amide bonds. The van der Waals surface area contributed by atoms with Crippen LogP contribution in [0.15, 0.2) is 0 Å². The van der Waals surface area contributed by atoms with Gasteiger partial charge in [-0.05, 0) is 99.3 Å². The maximum Gasteiger partial charge on any atom is 0.127 e. The lowest BCUT2D eigenvalue weighted by molar-refractivity contribution is -0.0876. The first-order valence-corrected chi connectivity index (χ1v) is 12.4. The lowest BCUT2D eigenvalue weighted by Crippen LogP contribution is -2.36. The summed E-state index contributed by atoms with van der Waals surface area (Å²) in [4.78, 5) is 0. The summed E-state index contributed by atoms with van der Waals surface area (Å²) in [5.74, 6) is 0.648. The number of fused-ring (bicyclic) bond motifs is 2. The zero-order chi connectivity index (χ0) is 24.7. The lowest BCUT2D eigenvalue weighted by Gasteiger charge is -2.28. The predicted molar refractivity (Wildman–Crippen MR) is 122 cm³/mol. The molecule has 4 nitrogen and oxygen atoms in total. The molecule has 0 saturated heterocycles. The van der Waals surface area contributed by atoms with Gasteiger partial charge in [-0.2, -0.15) is 0 Å². The van der Waals surface area contributed by atoms with E-state index < -0.39 is 18.7 Å². The van der Waals surface area contributed by atoms with Gasteiger partial charge in [0.15, 0.2) is 0 Å². The van der Waals surface area contributed by atoms with E-state index in [-0.39, 0.29) is 53.7 Å². The van der Waals surface area contributed by atoms with Crippen molar-refractivity contribution in [2.75, 3.05) is 13.2 Å². The molecule has 0 spiro atoms. The monoisotopic (exact) mass is 446 g/mol. The van der Waals surface area contributed by atoms with Crippen LogP contribution in [0.3, 0.4) is 0 Å². The van der Waals surface area contributed by atoms with E-state index >= 15 is 0 Å². The van der Waals surface area contributed by atoms with Crippen molar-refractivity contribution in [1.82, 2.24) is 0 Å². The summed E-state index contributed by atoms with van der Waals surface area (Å²) in [6.07, 6.45) is 1.66. The van der Waals surface area contributed by atoms with Crippen molar-refractivity contribution in [2.24, 2.45) is 22.7 Å². The number of halogens is 1. The highest BCUT2D eigenvalue weighted by atomic mass is 19.1. The van der Waals surface area contributed by atoms with Gasteiger partial charge < -0.3 is 18.9 Å². The van der Waals surface area contributed by atoms with E-state index in [2.05, 4.69) is 27.7 Å². The van der Waals surface area contributed by atoms with Gasteiger partial charge in [-0.25, -0.2) is 4.39 Å². The highest BCUT2D eigenvalue weighted by Gasteiger charge is 2.68. The molecule has 4 saturated carbocycles. The number of alkyl halides is 1. The molecule has 0 aliphatic heterocycles. The molecule has 9 atom stereocenters. The Morgan fingerprint density at radius 2 is 1.35 bits per heavy atom. The molecule has 0 bridgehead atoms. The number of rotatable bonds is 10. The summed E-state index contributed by atoms with van der Waals surface area (Å²) in [6, 6.07) is 0. The van der Waals surface area contributed by atoms with Gasteiger partial charge in [0.2, 0.25) is 0 Å². The Morgan fingerprint density at radius 1 is 0.806 bits per heavy atom. The molecule has 4 rings (SSSR count). The van der Waals surface area contributed by atoms with Crippen molar-refractivity contribution < 1.29 is 26.1 Å². The maximum atomic E-state index is 14.0. The van der Waals surface area contributed by atoms with Crippen LogP contribution in [0.4, 0.5) is 4.39 Å². The van der Waals surface area contributed by atoms with Crippen molar-refractivity contribution in [3.8, 4) is 0 Å². The fraction of sp³-hybridized carbons (Fsp3) is 1.00. The van der Waals surface area contributed by atoms with Crippen molar-refractivity contribution in [3.63, 3.8) is 0 Å². The minimum Gasteiger partial charge on any atom is -0.378 e. The largest absolute Gasteiger partial charge is 0.378 e. The van der Waals surface area contributed by atoms with Crippen molar-refractivity contribution >= 4 is 0 Å². The van der Waals surface area contributed by atoms with E-state index in [1.807, 2.05) is 27.7 Å². The molecule has 4 fully saturated rings. The summed E-state index contributed by atoms with van der Waals surface area (Å²) < 4.78 is 53.0. The Hall–Kier alpha value is -0.230. The van der Waals surface area contributed by atoms with Crippen LogP contribution in [-0.2, 0) is 18.9 Å². The minimum atomic E-state index is -1.16. The van der Waals surface area contributed by atoms with Crippen LogP contribution in [0.2, 0.25) is 0 Å². The summed E-state index contributed by atoms with van der Waals surface area (Å²) in [5.41, 5.74) is -0.0403. The van der Waals surface area contributed by atoms with Gasteiger partial charge in [0, 0.05) is 13.6 Å². The maximum absolute atomic E-state index is 14.0. The molecule has 4 aliphatic carbocycles. The smallest absolute Gasteiger partial charge is 0.127 e. The van der Waals surface area contributed by atoms with Crippen LogP contribution in [0.5, 0.6) is 0 Å². The van der Waals surface area contributed by atoms with Gasteiger partial charge >= 0.3 is 0 Å². The van der Waals surface area contributed by atoms with Crippen LogP contribution in [0.25, 0.3) is 0 Å². The average Bonchev–Trinajstić information content (AvgIpc) is 3.58. The van der Waals surface area contributed by atoms with Crippen molar-refractivity contribution in [3.05, 3.63) is 0 Å². The quantitative estimate of drug-likeness (QED) is 0.415. The Morgan fingerprint density at radius 3 is 1.87 bits per heavy atom. The van der Waals surface area contributed by atoms with Crippen LogP contribution in [0, 0.1) is 22.7 Å². The van der Waals surface area contributed by atoms with Gasteiger partial charge in [0.1, 0.15) is 6.17 Å². The third-order valence-corrected chi connectivity index (χ3v) is 7.13. The molecule has 4 aliphatic rings. The topological polar surface area (TPSA) is 36.9 Å². The van der Waals surface area contributed by atoms with E-state index in [0.717, 1.165) is 25.9 Å². The molecule has 0 aromatic heterocycles. The molecule has 0 radical (unpaired) electrons. The molecule has 0 N–H and O–H groups in total. The molecular weight excluding hydrogens is 395 g/mol. The number of hydrogen-bond donors (Lipinski definition) is 0. The normalized spacial score (nSPS) is 46.0. The predicted octanol–water partition coefficient (Wildman–Crippen LogP) is 5.96. The zero-order valence-electron chi connectivity index (χ0n) is 22.9. The Bertz CT molecular complexity index is 648. The van der Waals surface area contributed by atoms with Gasteiger partial charge in [-0.1, -0.05) is 0 Å². The molecule has 0 unspecified atom stereocenters. The molecule has 0 aromatic rings. The van der Waals surface area contributed by atoms with Gasteiger partial charge in [0.05, 0.1) is 49.8 Å². The molecule has 5 heteroatoms. The molecule has 182 valence electrons. The van der Waals surface area contributed by atoms with Crippen molar-refractivity contribution in [2.45, 2.75) is 130 Å². The van der Waals surface area contributed by atoms with Crippen LogP contribution in [0.1, 0.15) is 90.2 Å². The molecule has 0 heterocycles. The van der Waals surface area contributed by atoms with Crippen LogP contribution >= 0.6 is 0 Å². The Labute approximate surface area is 192 Å². The molecule has 0 aromatic carbocycles. The fourth-order valence-corrected chi connectivity index (χ4v) is 5.31. The van der Waals surface area contributed by atoms with Gasteiger partial charge in [-0.3, -0.25) is 0 Å². The lowest BCUT2D eigenvalue weighted by atomic mass is 10.0. The van der Waals surface area contributed by atoms with E-state index in [1.54, 1.807) is 0 Å². The first kappa shape index (κ1) is 22.6. The summed E-state index contributed by atoms with van der Waals surface area (Å²) in [5, 5.41) is 0. The summed E-state index contributed by atoms with van der Waals surface area (Å²) in [7, 11) is 0. The van der Waals surface area contributed by atoms with Gasteiger partial charge in [-0.15, -0.1) is 0 Å². The third kappa shape index (κ3) is 5.83. The molecular formula is C26H47FO4. The standard InChI is InChI=1S/C13H23FO2.C13H24O2/c1-8(2)15-7-13-6-10(13)5-11(14)12(13)16-9(3)4;1-9(2)14-8-13-7-11(13)5-6-12(13)15-10(3)4/h8-12H,5-7H2,1-4H3;9-12H,5-8H2,1-4H3/t10-,11-,12-,13-;11-,12-,13-/m00/s1/i2*5T/t5-,10-,11-,12-,13-;5-,11+,12+,13+/m01. The van der Waals surface area contributed by atoms with Crippen LogP contribution < -0.4 is 0 Å². The summed E-state index contributed by atoms with van der Waals surface area (Å²) >= 11 is 0. The Kier molecular flexibility index (Phi) is 7.24. The van der Waals surface area contributed by atoms with E-state index in [4.69, 9.17) is 21.7 Å². The second-order valence-electron chi connectivity index (χ2n) is 11.2. The Balaban J connectivity index is 0.000000186. The minimum absolute atomic E-state index is 0.000671. The highest BCUT2D eigenvalue weighted by Crippen LogP contribution is 2.66. The zero-order valence-corrected chi connectivity index (χ0v) is 20.9. The first-order valence-electron chi connectivity index (χ1n) is 13.5. The second-order valence-corrected chi connectivity index (χ2v) is 11.2. The summed E-state index contributed by atoms with van der Waals surface area (Å²) in [6.45, 7) is 17.4. The van der Waals surface area contributed by atoms with E-state index in [1.165, 1.54) is 0 Å². The molecule has 31 heavy (non-hydrogen) atoms. The van der Waals surface area contributed by atoms with Crippen LogP contribution in [-0.4, -0.2) is 56.0 Å². The SMILES string of the molecule is [3H][C@@H]1C[C@H](OC(C)C)[C@]2(COC(C)C)C[C@H]12.[3H][C@@H]1[C@H](F)[C@H](OC(C)C)[C@]2(COC(C)C)C[C@H]12. The third-order valence-electron chi connectivity index (χ3n) is 7.13. The van der Waals surface area contributed by atoms with E-state index in [0.29, 0.717) is 12.5 Å².